The predicted octanol–water partition coefficient (Wildman–Crippen LogP) is 4.72. The van der Waals surface area contributed by atoms with Crippen molar-refractivity contribution < 1.29 is 0 Å². The normalized spacial score (nSPS) is 18.4. The van der Waals surface area contributed by atoms with E-state index >= 15 is 0 Å². The van der Waals surface area contributed by atoms with Crippen LogP contribution in [0.4, 0.5) is 0 Å². The molecule has 2 aromatic heterocycles. The quantitative estimate of drug-likeness (QED) is 0.530. The third-order valence-corrected chi connectivity index (χ3v) is 6.70. The van der Waals surface area contributed by atoms with Crippen LogP contribution in [0.1, 0.15) is 46.7 Å². The molecule has 0 bridgehead atoms. The zero-order valence-corrected chi connectivity index (χ0v) is 20.5. The molecule has 1 aromatic carbocycles. The van der Waals surface area contributed by atoms with Gasteiger partial charge in [0.15, 0.2) is 5.11 Å². The van der Waals surface area contributed by atoms with Crippen LogP contribution in [0.25, 0.3) is 5.69 Å². The van der Waals surface area contributed by atoms with Crippen LogP contribution in [-0.4, -0.2) is 51.6 Å². The molecule has 2 atom stereocenters. The minimum absolute atomic E-state index is 0.0221. The summed E-state index contributed by atoms with van der Waals surface area (Å²) >= 11 is 5.84. The van der Waals surface area contributed by atoms with Gasteiger partial charge in [-0.25, -0.2) is 0 Å². The van der Waals surface area contributed by atoms with Crippen molar-refractivity contribution in [1.82, 2.24) is 24.7 Å². The molecule has 6 heteroatoms. The van der Waals surface area contributed by atoms with Gasteiger partial charge in [-0.15, -0.1) is 0 Å². The van der Waals surface area contributed by atoms with Gasteiger partial charge in [0.2, 0.25) is 0 Å². The second-order valence-corrected chi connectivity index (χ2v) is 9.31. The summed E-state index contributed by atoms with van der Waals surface area (Å²) in [5.74, 6) is 0. The molecule has 32 heavy (non-hydrogen) atoms. The molecule has 0 amide bonds. The predicted molar refractivity (Wildman–Crippen MR) is 135 cm³/mol. The molecular formula is C26H33N5S. The summed E-state index contributed by atoms with van der Waals surface area (Å²) in [7, 11) is 4.23. The molecular weight excluding hydrogens is 414 g/mol. The first-order chi connectivity index (χ1) is 15.4. The summed E-state index contributed by atoms with van der Waals surface area (Å²) in [5, 5.41) is 4.40. The second kappa shape index (κ2) is 9.43. The fourth-order valence-corrected chi connectivity index (χ4v) is 5.15. The van der Waals surface area contributed by atoms with Crippen molar-refractivity contribution in [2.75, 3.05) is 27.2 Å². The number of rotatable bonds is 7. The zero-order chi connectivity index (χ0) is 22.8. The van der Waals surface area contributed by atoms with Crippen molar-refractivity contribution in [3.8, 4) is 5.69 Å². The van der Waals surface area contributed by atoms with E-state index in [2.05, 4.69) is 102 Å². The van der Waals surface area contributed by atoms with Gasteiger partial charge in [-0.05, 0) is 95.4 Å². The van der Waals surface area contributed by atoms with Crippen molar-refractivity contribution in [2.24, 2.45) is 0 Å². The number of para-hydroxylation sites is 1. The van der Waals surface area contributed by atoms with Gasteiger partial charge in [-0.2, -0.15) is 0 Å². The van der Waals surface area contributed by atoms with Crippen molar-refractivity contribution in [3.05, 3.63) is 82.9 Å². The van der Waals surface area contributed by atoms with Gasteiger partial charge in [0.05, 0.1) is 17.8 Å². The molecule has 1 saturated heterocycles. The van der Waals surface area contributed by atoms with Crippen LogP contribution in [0.3, 0.4) is 0 Å². The number of thiocarbonyl (C=S) groups is 1. The molecule has 0 aliphatic carbocycles. The Bertz CT molecular complexity index is 1090. The van der Waals surface area contributed by atoms with E-state index in [1.165, 1.54) is 28.2 Å². The number of nitrogens with zero attached hydrogens (tertiary/aromatic N) is 4. The number of hydrogen-bond donors (Lipinski definition) is 1. The lowest BCUT2D eigenvalue weighted by Gasteiger charge is -2.28. The first kappa shape index (κ1) is 22.5. The van der Waals surface area contributed by atoms with Gasteiger partial charge in [0, 0.05) is 29.8 Å². The van der Waals surface area contributed by atoms with Crippen molar-refractivity contribution in [2.45, 2.75) is 39.3 Å². The van der Waals surface area contributed by atoms with E-state index in [0.29, 0.717) is 0 Å². The third kappa shape index (κ3) is 4.30. The van der Waals surface area contributed by atoms with Crippen LogP contribution in [0.15, 0.2) is 54.7 Å². The van der Waals surface area contributed by atoms with Gasteiger partial charge in [-0.1, -0.05) is 24.3 Å². The largest absolute Gasteiger partial charge is 0.352 e. The van der Waals surface area contributed by atoms with Gasteiger partial charge in [0.1, 0.15) is 0 Å². The van der Waals surface area contributed by atoms with Crippen LogP contribution in [-0.2, 0) is 0 Å². The van der Waals surface area contributed by atoms with Crippen LogP contribution in [0.5, 0.6) is 0 Å². The van der Waals surface area contributed by atoms with Crippen LogP contribution >= 0.6 is 12.2 Å². The monoisotopic (exact) mass is 447 g/mol. The van der Waals surface area contributed by atoms with Crippen molar-refractivity contribution >= 4 is 17.3 Å². The molecule has 0 unspecified atom stereocenters. The lowest BCUT2D eigenvalue weighted by atomic mass is 9.96. The minimum Gasteiger partial charge on any atom is -0.352 e. The summed E-state index contributed by atoms with van der Waals surface area (Å²) < 4.78 is 2.37. The highest BCUT2D eigenvalue weighted by Gasteiger charge is 2.41. The average Bonchev–Trinajstić information content (AvgIpc) is 3.24. The molecule has 4 rings (SSSR count). The van der Waals surface area contributed by atoms with Crippen LogP contribution < -0.4 is 5.32 Å². The number of nitrogens with one attached hydrogen (secondary N) is 1. The van der Waals surface area contributed by atoms with E-state index in [-0.39, 0.29) is 12.1 Å². The molecule has 168 valence electrons. The van der Waals surface area contributed by atoms with Gasteiger partial charge in [0.25, 0.3) is 0 Å². The smallest absolute Gasteiger partial charge is 0.170 e. The molecule has 0 saturated carbocycles. The van der Waals surface area contributed by atoms with E-state index in [4.69, 9.17) is 12.2 Å². The van der Waals surface area contributed by atoms with E-state index < -0.39 is 0 Å². The molecule has 1 aliphatic heterocycles. The summed E-state index contributed by atoms with van der Waals surface area (Å²) in [5.41, 5.74) is 7.32. The molecule has 0 spiro atoms. The topological polar surface area (TPSA) is 36.3 Å². The SMILES string of the molecule is Cc1ccccc1-n1c(C)cc([C@H]2[C@@H](c3ccccn3)NC(=S)N2CCCN(C)C)c1C. The van der Waals surface area contributed by atoms with E-state index in [1.807, 2.05) is 12.3 Å². The highest BCUT2D eigenvalue weighted by atomic mass is 32.1. The fraction of sp³-hybridized carbons (Fsp3) is 0.385. The Kier molecular flexibility index (Phi) is 6.63. The van der Waals surface area contributed by atoms with Crippen LogP contribution in [0, 0.1) is 20.8 Å². The summed E-state index contributed by atoms with van der Waals surface area (Å²) in [6, 6.07) is 17.1. The Labute approximate surface area is 197 Å². The first-order valence-corrected chi connectivity index (χ1v) is 11.7. The molecule has 3 heterocycles. The lowest BCUT2D eigenvalue weighted by Crippen LogP contribution is -2.32. The van der Waals surface area contributed by atoms with Gasteiger partial charge >= 0.3 is 0 Å². The molecule has 1 N–H and O–H groups in total. The number of hydrogen-bond acceptors (Lipinski definition) is 3. The first-order valence-electron chi connectivity index (χ1n) is 11.3. The van der Waals surface area contributed by atoms with Gasteiger partial charge < -0.3 is 19.7 Å². The van der Waals surface area contributed by atoms with Crippen molar-refractivity contribution in [1.29, 1.82) is 0 Å². The molecule has 1 fully saturated rings. The summed E-state index contributed by atoms with van der Waals surface area (Å²) in [4.78, 5) is 9.27. The lowest BCUT2D eigenvalue weighted by molar-refractivity contribution is 0.292. The highest BCUT2D eigenvalue weighted by molar-refractivity contribution is 7.80. The second-order valence-electron chi connectivity index (χ2n) is 8.93. The number of aromatic nitrogens is 2. The van der Waals surface area contributed by atoms with Gasteiger partial charge in [-0.3, -0.25) is 4.98 Å². The fourth-order valence-electron chi connectivity index (χ4n) is 4.81. The highest BCUT2D eigenvalue weighted by Crippen LogP contribution is 2.41. The van der Waals surface area contributed by atoms with E-state index in [9.17, 15) is 0 Å². The zero-order valence-electron chi connectivity index (χ0n) is 19.7. The molecule has 3 aromatic rings. The maximum absolute atomic E-state index is 5.84. The Morgan fingerprint density at radius 3 is 2.50 bits per heavy atom. The third-order valence-electron chi connectivity index (χ3n) is 6.35. The summed E-state index contributed by atoms with van der Waals surface area (Å²) in [6.45, 7) is 8.53. The average molecular weight is 448 g/mol. The molecule has 5 nitrogen and oxygen atoms in total. The Hall–Kier alpha value is -2.70. The molecule has 1 aliphatic rings. The summed E-state index contributed by atoms with van der Waals surface area (Å²) in [6.07, 6.45) is 2.92. The molecule has 0 radical (unpaired) electrons. The maximum Gasteiger partial charge on any atom is 0.170 e. The van der Waals surface area contributed by atoms with E-state index in [1.54, 1.807) is 0 Å². The number of pyridine rings is 1. The van der Waals surface area contributed by atoms with Crippen molar-refractivity contribution in [3.63, 3.8) is 0 Å². The number of benzene rings is 1. The maximum atomic E-state index is 5.84. The van der Waals surface area contributed by atoms with Crippen LogP contribution in [0.2, 0.25) is 0 Å². The Morgan fingerprint density at radius 2 is 1.81 bits per heavy atom. The number of aryl methyl sites for hydroxylation is 2. The Balaban J connectivity index is 1.78. The van der Waals surface area contributed by atoms with E-state index in [0.717, 1.165) is 30.3 Å². The minimum atomic E-state index is 0.0221. The standard InChI is InChI=1S/C26H33N5S/c1-18-11-6-7-13-23(18)31-19(2)17-21(20(31)3)25-24(22-12-8-9-14-27-22)28-26(32)30(25)16-10-15-29(4)5/h6-9,11-14,17,24-25H,10,15-16H2,1-5H3,(H,28,32)/t24-,25+/m1/s1. The Morgan fingerprint density at radius 1 is 1.06 bits per heavy atom.